The number of benzene rings is 2. The van der Waals surface area contributed by atoms with E-state index in [-0.39, 0.29) is 10.8 Å². The first-order chi connectivity index (χ1) is 16.1. The van der Waals surface area contributed by atoms with Gasteiger partial charge in [-0.25, -0.2) is 0 Å². The quantitative estimate of drug-likeness (QED) is 0.190. The molecule has 0 radical (unpaired) electrons. The van der Waals surface area contributed by atoms with Crippen molar-refractivity contribution in [3.05, 3.63) is 68.4 Å². The second-order valence-electron chi connectivity index (χ2n) is 11.1. The van der Waals surface area contributed by atoms with Crippen molar-refractivity contribution in [3.8, 4) is 20.9 Å². The van der Waals surface area contributed by atoms with Crippen LogP contribution in [-0.2, 0) is 10.8 Å². The lowest BCUT2D eigenvalue weighted by Gasteiger charge is -2.22. The van der Waals surface area contributed by atoms with Crippen LogP contribution in [0.2, 0.25) is 0 Å². The molecule has 0 nitrogen and oxygen atoms in total. The molecule has 0 atom stereocenters. The van der Waals surface area contributed by atoms with Crippen LogP contribution in [0, 0.1) is 13.8 Å². The van der Waals surface area contributed by atoms with Crippen molar-refractivity contribution >= 4 is 74.9 Å². The summed E-state index contributed by atoms with van der Waals surface area (Å²) in [6, 6.07) is 14.6. The van der Waals surface area contributed by atoms with Gasteiger partial charge in [-0.3, -0.25) is 0 Å². The molecule has 4 heterocycles. The van der Waals surface area contributed by atoms with Crippen LogP contribution in [0.5, 0.6) is 0 Å². The topological polar surface area (TPSA) is 0 Å². The van der Waals surface area contributed by atoms with Gasteiger partial charge in [-0.15, -0.1) is 45.3 Å². The molecule has 4 heteroatoms. The summed E-state index contributed by atoms with van der Waals surface area (Å²) in [7, 11) is 0. The van der Waals surface area contributed by atoms with Crippen LogP contribution in [-0.4, -0.2) is 0 Å². The summed E-state index contributed by atoms with van der Waals surface area (Å²) in [5.41, 5.74) is 9.17. The summed E-state index contributed by atoms with van der Waals surface area (Å²) in [5.74, 6) is 0. The maximum absolute atomic E-state index is 2.48. The van der Waals surface area contributed by atoms with E-state index in [2.05, 4.69) is 101 Å². The Hall–Kier alpha value is -1.98. The summed E-state index contributed by atoms with van der Waals surface area (Å²) in [5, 5.41) is 2.80. The van der Waals surface area contributed by atoms with Gasteiger partial charge in [-0.1, -0.05) is 27.7 Å². The van der Waals surface area contributed by atoms with Gasteiger partial charge in [-0.05, 0) is 94.4 Å². The Kier molecular flexibility index (Phi) is 3.60. The van der Waals surface area contributed by atoms with E-state index in [4.69, 9.17) is 0 Å². The van der Waals surface area contributed by atoms with Crippen LogP contribution < -0.4 is 0 Å². The molecule has 2 aliphatic carbocycles. The molecule has 34 heavy (non-hydrogen) atoms. The van der Waals surface area contributed by atoms with Crippen molar-refractivity contribution in [1.82, 2.24) is 0 Å². The minimum Gasteiger partial charge on any atom is -0.141 e. The average Bonchev–Trinajstić information content (AvgIpc) is 3.53. The van der Waals surface area contributed by atoms with Gasteiger partial charge in [0.05, 0.1) is 9.40 Å². The highest BCUT2D eigenvalue weighted by Gasteiger charge is 2.45. The maximum atomic E-state index is 2.48. The van der Waals surface area contributed by atoms with Crippen LogP contribution >= 0.6 is 45.3 Å². The predicted octanol–water partition coefficient (Wildman–Crippen LogP) is 10.6. The standard InChI is InChI=1S/C30H24S4/c1-13-7-15-9-17-19(11-21(15)31-13)29(3,4)23-25(17)33-28-24-26(34-27(23)28)18-10-16-8-14(2)32-22(16)12-20(18)30(24,5)6/h7-12H,1-6H3. The molecule has 0 unspecified atom stereocenters. The molecule has 0 saturated carbocycles. The molecule has 2 aromatic carbocycles. The summed E-state index contributed by atoms with van der Waals surface area (Å²) in [4.78, 5) is 5.82. The molecular formula is C30H24S4. The van der Waals surface area contributed by atoms with Crippen LogP contribution in [0.15, 0.2) is 36.4 Å². The van der Waals surface area contributed by atoms with Crippen LogP contribution in [0.25, 0.3) is 50.5 Å². The zero-order valence-electron chi connectivity index (χ0n) is 20.1. The lowest BCUT2D eigenvalue weighted by atomic mass is 9.81. The van der Waals surface area contributed by atoms with Gasteiger partial charge in [0.1, 0.15) is 0 Å². The van der Waals surface area contributed by atoms with Gasteiger partial charge in [0.15, 0.2) is 0 Å². The van der Waals surface area contributed by atoms with Gasteiger partial charge < -0.3 is 0 Å². The van der Waals surface area contributed by atoms with Crippen molar-refractivity contribution in [1.29, 1.82) is 0 Å². The summed E-state index contributed by atoms with van der Waals surface area (Å²) in [6.45, 7) is 14.2. The van der Waals surface area contributed by atoms with Gasteiger partial charge in [-0.2, -0.15) is 0 Å². The highest BCUT2D eigenvalue weighted by Crippen LogP contribution is 2.64. The van der Waals surface area contributed by atoms with E-state index >= 15 is 0 Å². The average molecular weight is 513 g/mol. The van der Waals surface area contributed by atoms with Gasteiger partial charge in [0.25, 0.3) is 0 Å². The fourth-order valence-electron chi connectivity index (χ4n) is 6.57. The number of rotatable bonds is 0. The van der Waals surface area contributed by atoms with E-state index in [1.54, 1.807) is 11.1 Å². The summed E-state index contributed by atoms with van der Waals surface area (Å²) in [6.07, 6.45) is 0. The Morgan fingerprint density at radius 3 is 1.35 bits per heavy atom. The predicted molar refractivity (Wildman–Crippen MR) is 155 cm³/mol. The fourth-order valence-corrected chi connectivity index (χ4v) is 12.0. The Bertz CT molecular complexity index is 1740. The minimum atomic E-state index is 0.0367. The van der Waals surface area contributed by atoms with Crippen molar-refractivity contribution in [2.24, 2.45) is 0 Å². The number of fused-ring (bicyclic) bond motifs is 11. The lowest BCUT2D eigenvalue weighted by Crippen LogP contribution is -2.15. The highest BCUT2D eigenvalue weighted by molar-refractivity contribution is 7.32. The molecule has 0 N–H and O–H groups in total. The number of thiophene rings is 4. The van der Waals surface area contributed by atoms with Crippen LogP contribution in [0.1, 0.15) is 59.7 Å². The molecule has 0 saturated heterocycles. The van der Waals surface area contributed by atoms with E-state index in [1.807, 2.05) is 22.7 Å². The number of hydrogen-bond acceptors (Lipinski definition) is 4. The van der Waals surface area contributed by atoms with Crippen molar-refractivity contribution in [3.63, 3.8) is 0 Å². The van der Waals surface area contributed by atoms with E-state index in [0.29, 0.717) is 0 Å². The Morgan fingerprint density at radius 2 is 0.941 bits per heavy atom. The second-order valence-corrected chi connectivity index (χ2v) is 15.7. The molecule has 6 aromatic rings. The van der Waals surface area contributed by atoms with Crippen LogP contribution in [0.4, 0.5) is 0 Å². The first-order valence-electron chi connectivity index (χ1n) is 11.8. The van der Waals surface area contributed by atoms with E-state index in [1.165, 1.54) is 71.3 Å². The van der Waals surface area contributed by atoms with Crippen molar-refractivity contribution in [2.45, 2.75) is 52.4 Å². The third-order valence-corrected chi connectivity index (χ3v) is 12.8. The first-order valence-corrected chi connectivity index (χ1v) is 15.1. The zero-order chi connectivity index (χ0) is 23.3. The smallest absolute Gasteiger partial charge is 0.0507 e. The summed E-state index contributed by atoms with van der Waals surface area (Å²) >= 11 is 7.96. The molecule has 168 valence electrons. The SMILES string of the molecule is Cc1cc2cc3c(cc2s1)C(C)(C)c1c-3sc2c3c(sc12)-c1cc2cc(C)sc2cc1C3(C)C. The third-order valence-electron chi connectivity index (χ3n) is 8.17. The summed E-state index contributed by atoms with van der Waals surface area (Å²) < 4.78 is 5.92. The van der Waals surface area contributed by atoms with Crippen LogP contribution in [0.3, 0.4) is 0 Å². The van der Waals surface area contributed by atoms with Gasteiger partial charge in [0, 0.05) is 39.7 Å². The van der Waals surface area contributed by atoms with E-state index in [9.17, 15) is 0 Å². The largest absolute Gasteiger partial charge is 0.141 e. The molecule has 0 amide bonds. The highest BCUT2D eigenvalue weighted by atomic mass is 32.1. The van der Waals surface area contributed by atoms with Gasteiger partial charge in [0.2, 0.25) is 0 Å². The van der Waals surface area contributed by atoms with Crippen molar-refractivity contribution < 1.29 is 0 Å². The van der Waals surface area contributed by atoms with E-state index in [0.717, 1.165) is 0 Å². The maximum Gasteiger partial charge on any atom is 0.0507 e. The molecule has 0 fully saturated rings. The zero-order valence-corrected chi connectivity index (χ0v) is 23.4. The molecule has 4 aromatic heterocycles. The lowest BCUT2D eigenvalue weighted by molar-refractivity contribution is 0.666. The monoisotopic (exact) mass is 512 g/mol. The molecular weight excluding hydrogens is 489 g/mol. The fraction of sp³-hybridized carbons (Fsp3) is 0.267. The Morgan fingerprint density at radius 1 is 0.529 bits per heavy atom. The molecule has 0 aliphatic heterocycles. The molecule has 8 rings (SSSR count). The normalized spacial score (nSPS) is 17.0. The minimum absolute atomic E-state index is 0.0367. The van der Waals surface area contributed by atoms with Crippen molar-refractivity contribution in [2.75, 3.05) is 0 Å². The second kappa shape index (κ2) is 6.04. The third kappa shape index (κ3) is 2.25. The molecule has 0 spiro atoms. The number of hydrogen-bond donors (Lipinski definition) is 0. The molecule has 0 bridgehead atoms. The van der Waals surface area contributed by atoms with Gasteiger partial charge >= 0.3 is 0 Å². The first kappa shape index (κ1) is 20.2. The molecule has 2 aliphatic rings. The number of aryl methyl sites for hydroxylation is 2. The van der Waals surface area contributed by atoms with E-state index < -0.39 is 0 Å². The Labute approximate surface area is 215 Å². The Balaban J connectivity index is 1.43.